The minimum atomic E-state index is -4.60. The van der Waals surface area contributed by atoms with E-state index in [0.29, 0.717) is 17.4 Å². The Morgan fingerprint density at radius 3 is 1.46 bits per heavy atom. The molecule has 0 spiro atoms. The lowest BCUT2D eigenvalue weighted by atomic mass is 10.0. The lowest BCUT2D eigenvalue weighted by Crippen LogP contribution is -2.45. The Morgan fingerprint density at radius 1 is 0.590 bits per heavy atom. The van der Waals surface area contributed by atoms with Crippen LogP contribution in [0.2, 0.25) is 0 Å². The SMILES string of the molecule is CC/C=C\C/C=C\C/C=C\C/C=C\CCCCC(=O)NC(COP(=O)([O-])OCC[N+](C)(C)C)C(O)/C=C/CCCCCCCCCCCCCCCCCCCCCCCC. The standard InChI is InChI=1S/C52H97N2O6P/c1-6-8-10-12-14-16-18-20-22-23-24-25-26-27-28-29-30-32-33-35-37-39-41-43-45-51(55)50(49-60-61(57,58)59-48-47-54(3,4)5)53-52(56)46-44-42-40-38-36-34-31-21-19-17-15-13-11-9-7-2/h9,11,15,17,21,31,36,38,43,45,50-51,55H,6-8,10,12-14,16,18-20,22-30,32-35,37,39-42,44,46-49H2,1-5H3,(H-,53,56,57,58)/b11-9-,17-15-,31-21-,38-36-,45-43+. The fourth-order valence-corrected chi connectivity index (χ4v) is 7.75. The molecule has 0 saturated carbocycles. The molecule has 0 aromatic carbocycles. The number of rotatable bonds is 45. The number of hydrogen-bond acceptors (Lipinski definition) is 6. The van der Waals surface area contributed by atoms with Crippen molar-refractivity contribution < 1.29 is 32.9 Å². The van der Waals surface area contributed by atoms with Crippen molar-refractivity contribution in [3.05, 3.63) is 60.8 Å². The van der Waals surface area contributed by atoms with Crippen molar-refractivity contribution >= 4 is 13.7 Å². The summed E-state index contributed by atoms with van der Waals surface area (Å²) in [6.45, 7) is 4.50. The summed E-state index contributed by atoms with van der Waals surface area (Å²) in [7, 11) is 1.23. The first-order valence-corrected chi connectivity index (χ1v) is 26.6. The number of aliphatic hydroxyl groups is 1. The van der Waals surface area contributed by atoms with Gasteiger partial charge in [-0.2, -0.15) is 0 Å². The zero-order valence-corrected chi connectivity index (χ0v) is 41.2. The number of unbranched alkanes of at least 4 members (excludes halogenated alkanes) is 24. The molecule has 3 atom stereocenters. The van der Waals surface area contributed by atoms with Gasteiger partial charge in [-0.3, -0.25) is 9.36 Å². The van der Waals surface area contributed by atoms with E-state index in [0.717, 1.165) is 57.8 Å². The van der Waals surface area contributed by atoms with Crippen molar-refractivity contribution in [2.75, 3.05) is 40.9 Å². The fraction of sp³-hybridized carbons (Fsp3) is 0.788. The zero-order valence-electron chi connectivity index (χ0n) is 40.4. The number of phosphoric ester groups is 1. The third-order valence-electron chi connectivity index (χ3n) is 11.0. The zero-order chi connectivity index (χ0) is 45.0. The maximum Gasteiger partial charge on any atom is 0.268 e. The van der Waals surface area contributed by atoms with Crippen molar-refractivity contribution in [3.8, 4) is 0 Å². The van der Waals surface area contributed by atoms with Gasteiger partial charge in [0.25, 0.3) is 7.82 Å². The Balaban J connectivity index is 4.33. The van der Waals surface area contributed by atoms with Crippen molar-refractivity contribution in [2.45, 2.75) is 225 Å². The van der Waals surface area contributed by atoms with Gasteiger partial charge < -0.3 is 28.8 Å². The van der Waals surface area contributed by atoms with E-state index in [2.05, 4.69) is 67.8 Å². The van der Waals surface area contributed by atoms with E-state index in [1.54, 1.807) is 6.08 Å². The molecule has 0 heterocycles. The number of hydrogen-bond donors (Lipinski definition) is 2. The number of phosphoric acid groups is 1. The van der Waals surface area contributed by atoms with E-state index in [-0.39, 0.29) is 18.9 Å². The maximum atomic E-state index is 12.9. The molecule has 356 valence electrons. The van der Waals surface area contributed by atoms with Crippen LogP contribution in [0.25, 0.3) is 0 Å². The normalized spacial score (nSPS) is 14.7. The second-order valence-corrected chi connectivity index (χ2v) is 19.6. The summed E-state index contributed by atoms with van der Waals surface area (Å²) in [4.78, 5) is 25.3. The van der Waals surface area contributed by atoms with E-state index in [1.165, 1.54) is 128 Å². The summed E-state index contributed by atoms with van der Waals surface area (Å²) in [6, 6.07) is -0.910. The fourth-order valence-electron chi connectivity index (χ4n) is 7.03. The predicted octanol–water partition coefficient (Wildman–Crippen LogP) is 14.0. The Kier molecular flexibility index (Phi) is 42.2. The van der Waals surface area contributed by atoms with Gasteiger partial charge >= 0.3 is 0 Å². The molecule has 0 aromatic rings. The average Bonchev–Trinajstić information content (AvgIpc) is 3.21. The molecule has 0 aliphatic heterocycles. The van der Waals surface area contributed by atoms with E-state index < -0.39 is 26.6 Å². The van der Waals surface area contributed by atoms with Gasteiger partial charge in [0, 0.05) is 6.42 Å². The average molecular weight is 877 g/mol. The maximum absolute atomic E-state index is 12.9. The highest BCUT2D eigenvalue weighted by Gasteiger charge is 2.23. The summed E-state index contributed by atoms with van der Waals surface area (Å²) in [5.41, 5.74) is 0. The van der Waals surface area contributed by atoms with Gasteiger partial charge in [-0.1, -0.05) is 209 Å². The molecule has 0 radical (unpaired) electrons. The number of likely N-dealkylation sites (N-methyl/N-ethyl adjacent to an activating group) is 1. The van der Waals surface area contributed by atoms with Crippen LogP contribution in [-0.4, -0.2) is 68.5 Å². The largest absolute Gasteiger partial charge is 0.756 e. The highest BCUT2D eigenvalue weighted by atomic mass is 31.2. The van der Waals surface area contributed by atoms with Gasteiger partial charge in [-0.25, -0.2) is 0 Å². The number of carbonyl (C=O) groups is 1. The Morgan fingerprint density at radius 2 is 1.00 bits per heavy atom. The quantitative estimate of drug-likeness (QED) is 0.0273. The molecule has 2 N–H and O–H groups in total. The number of quaternary nitrogens is 1. The number of carbonyl (C=O) groups excluding carboxylic acids is 1. The van der Waals surface area contributed by atoms with Gasteiger partial charge in [0.2, 0.25) is 5.91 Å². The second kappa shape index (κ2) is 43.5. The smallest absolute Gasteiger partial charge is 0.268 e. The molecule has 0 rings (SSSR count). The highest BCUT2D eigenvalue weighted by molar-refractivity contribution is 7.45. The first-order chi connectivity index (χ1) is 29.5. The molecular weight excluding hydrogens is 780 g/mol. The summed E-state index contributed by atoms with van der Waals surface area (Å²) in [5.74, 6) is -0.238. The van der Waals surface area contributed by atoms with Crippen molar-refractivity contribution in [1.29, 1.82) is 0 Å². The highest BCUT2D eigenvalue weighted by Crippen LogP contribution is 2.38. The summed E-state index contributed by atoms with van der Waals surface area (Å²) >= 11 is 0. The molecule has 0 saturated heterocycles. The number of aliphatic hydroxyl groups excluding tert-OH is 1. The molecule has 0 fully saturated rings. The van der Waals surface area contributed by atoms with Crippen molar-refractivity contribution in [3.63, 3.8) is 0 Å². The number of nitrogens with zero attached hydrogens (tertiary/aromatic N) is 1. The lowest BCUT2D eigenvalue weighted by Gasteiger charge is -2.29. The molecule has 8 nitrogen and oxygen atoms in total. The molecule has 3 unspecified atom stereocenters. The summed E-state index contributed by atoms with van der Waals surface area (Å²) in [6.07, 6.45) is 57.2. The van der Waals surface area contributed by atoms with Gasteiger partial charge in [-0.15, -0.1) is 0 Å². The molecular formula is C52H97N2O6P. The van der Waals surface area contributed by atoms with Gasteiger partial charge in [-0.05, 0) is 57.8 Å². The van der Waals surface area contributed by atoms with Crippen LogP contribution in [0.3, 0.4) is 0 Å². The van der Waals surface area contributed by atoms with Crippen LogP contribution in [0.1, 0.15) is 213 Å². The summed E-state index contributed by atoms with van der Waals surface area (Å²) in [5, 5.41) is 13.8. The molecule has 9 heteroatoms. The van der Waals surface area contributed by atoms with E-state index in [9.17, 15) is 19.4 Å². The second-order valence-electron chi connectivity index (χ2n) is 18.1. The molecule has 61 heavy (non-hydrogen) atoms. The van der Waals surface area contributed by atoms with Crippen LogP contribution < -0.4 is 10.2 Å². The predicted molar refractivity (Wildman–Crippen MR) is 261 cm³/mol. The van der Waals surface area contributed by atoms with Crippen LogP contribution >= 0.6 is 7.82 Å². The van der Waals surface area contributed by atoms with Crippen molar-refractivity contribution in [1.82, 2.24) is 5.32 Å². The van der Waals surface area contributed by atoms with Crippen LogP contribution in [0.15, 0.2) is 60.8 Å². The number of allylic oxidation sites excluding steroid dienone is 9. The number of nitrogens with one attached hydrogen (secondary N) is 1. The van der Waals surface area contributed by atoms with Crippen molar-refractivity contribution in [2.24, 2.45) is 0 Å². The third-order valence-corrected chi connectivity index (χ3v) is 11.9. The van der Waals surface area contributed by atoms with Crippen LogP contribution in [0.4, 0.5) is 0 Å². The van der Waals surface area contributed by atoms with E-state index in [4.69, 9.17) is 9.05 Å². The molecule has 0 aromatic heterocycles. The lowest BCUT2D eigenvalue weighted by molar-refractivity contribution is -0.870. The Bertz CT molecular complexity index is 1180. The monoisotopic (exact) mass is 877 g/mol. The van der Waals surface area contributed by atoms with Crippen LogP contribution in [0, 0.1) is 0 Å². The minimum Gasteiger partial charge on any atom is -0.756 e. The molecule has 0 bridgehead atoms. The van der Waals surface area contributed by atoms with Crippen LogP contribution in [-0.2, 0) is 18.4 Å². The van der Waals surface area contributed by atoms with Gasteiger partial charge in [0.1, 0.15) is 13.2 Å². The Labute approximate surface area is 377 Å². The molecule has 1 amide bonds. The number of amides is 1. The third kappa shape index (κ3) is 46.0. The van der Waals surface area contributed by atoms with Gasteiger partial charge in [0.15, 0.2) is 0 Å². The van der Waals surface area contributed by atoms with E-state index in [1.807, 2.05) is 27.2 Å². The Hall–Kier alpha value is -1.80. The van der Waals surface area contributed by atoms with Gasteiger partial charge in [0.05, 0.1) is 39.9 Å². The molecule has 0 aliphatic rings. The first-order valence-electron chi connectivity index (χ1n) is 25.2. The topological polar surface area (TPSA) is 108 Å². The minimum absolute atomic E-state index is 0.0113. The summed E-state index contributed by atoms with van der Waals surface area (Å²) < 4.78 is 23.2. The van der Waals surface area contributed by atoms with E-state index >= 15 is 0 Å². The first kappa shape index (κ1) is 59.2. The van der Waals surface area contributed by atoms with Crippen LogP contribution in [0.5, 0.6) is 0 Å². The molecule has 0 aliphatic carbocycles.